The van der Waals surface area contributed by atoms with Crippen LogP contribution in [-0.4, -0.2) is 22.7 Å². The minimum Gasteiger partial charge on any atom is -0.478 e. The zero-order valence-corrected chi connectivity index (χ0v) is 14.3. The van der Waals surface area contributed by atoms with Gasteiger partial charge < -0.3 is 10.4 Å². The van der Waals surface area contributed by atoms with Crippen molar-refractivity contribution in [2.45, 2.75) is 5.75 Å². The van der Waals surface area contributed by atoms with Crippen molar-refractivity contribution in [1.29, 1.82) is 0 Å². The first-order valence-corrected chi connectivity index (χ1v) is 8.96. The average Bonchev–Trinajstić information content (AvgIpc) is 2.62. The minimum atomic E-state index is -0.944. The smallest absolute Gasteiger partial charge is 0.335 e. The molecule has 0 heterocycles. The van der Waals surface area contributed by atoms with E-state index in [4.69, 9.17) is 5.11 Å². The van der Waals surface area contributed by atoms with Crippen LogP contribution >= 0.6 is 11.8 Å². The van der Waals surface area contributed by atoms with Crippen LogP contribution in [0.1, 0.15) is 15.9 Å². The Morgan fingerprint density at radius 1 is 0.920 bits per heavy atom. The van der Waals surface area contributed by atoms with Crippen LogP contribution in [-0.2, 0) is 10.5 Å². The van der Waals surface area contributed by atoms with E-state index in [-0.39, 0.29) is 11.5 Å². The summed E-state index contributed by atoms with van der Waals surface area (Å²) in [5, 5.41) is 14.1. The molecule has 0 unspecified atom stereocenters. The number of hydrogen-bond acceptors (Lipinski definition) is 3. The van der Waals surface area contributed by atoms with E-state index in [1.54, 1.807) is 18.2 Å². The van der Waals surface area contributed by atoms with Crippen molar-refractivity contribution in [3.63, 3.8) is 0 Å². The molecule has 0 bridgehead atoms. The minimum absolute atomic E-state index is 0.0744. The highest BCUT2D eigenvalue weighted by Gasteiger charge is 2.06. The fraction of sp³-hybridized carbons (Fsp3) is 0.100. The van der Waals surface area contributed by atoms with Crippen LogP contribution in [0.4, 0.5) is 5.69 Å². The molecule has 25 heavy (non-hydrogen) atoms. The first kappa shape index (κ1) is 17.0. The standard InChI is InChI=1S/C20H17NO3S/c22-19(13-25-12-14-4-3-7-17(10-14)20(23)24)21-18-9-8-15-5-1-2-6-16(15)11-18/h1-11H,12-13H2,(H,21,22)(H,23,24). The second kappa shape index (κ2) is 7.85. The molecule has 2 N–H and O–H groups in total. The van der Waals surface area contributed by atoms with E-state index in [0.29, 0.717) is 11.5 Å². The maximum atomic E-state index is 12.1. The Labute approximate surface area is 149 Å². The number of nitrogens with one attached hydrogen (secondary N) is 1. The molecule has 3 rings (SSSR count). The third-order valence-corrected chi connectivity index (χ3v) is 4.71. The topological polar surface area (TPSA) is 66.4 Å². The monoisotopic (exact) mass is 351 g/mol. The fourth-order valence-corrected chi connectivity index (χ4v) is 3.29. The van der Waals surface area contributed by atoms with E-state index in [1.165, 1.54) is 11.8 Å². The summed E-state index contributed by atoms with van der Waals surface area (Å²) in [6.45, 7) is 0. The van der Waals surface area contributed by atoms with Gasteiger partial charge in [-0.25, -0.2) is 4.79 Å². The molecule has 0 saturated carbocycles. The summed E-state index contributed by atoms with van der Waals surface area (Å²) in [7, 11) is 0. The Morgan fingerprint density at radius 2 is 1.72 bits per heavy atom. The lowest BCUT2D eigenvalue weighted by Crippen LogP contribution is -2.14. The van der Waals surface area contributed by atoms with Crippen molar-refractivity contribution in [1.82, 2.24) is 0 Å². The molecule has 0 radical (unpaired) electrons. The van der Waals surface area contributed by atoms with Crippen molar-refractivity contribution in [2.75, 3.05) is 11.1 Å². The molecule has 0 aromatic heterocycles. The molecule has 3 aromatic carbocycles. The Bertz CT molecular complexity index is 923. The zero-order valence-electron chi connectivity index (χ0n) is 13.4. The molecular weight excluding hydrogens is 334 g/mol. The number of thioether (sulfide) groups is 1. The van der Waals surface area contributed by atoms with Gasteiger partial charge in [0.15, 0.2) is 0 Å². The van der Waals surface area contributed by atoms with Crippen molar-refractivity contribution in [2.24, 2.45) is 0 Å². The molecule has 3 aromatic rings. The summed E-state index contributed by atoms with van der Waals surface area (Å²) in [5.74, 6) is -0.119. The Morgan fingerprint density at radius 3 is 2.52 bits per heavy atom. The summed E-state index contributed by atoms with van der Waals surface area (Å²) in [6, 6.07) is 20.6. The molecular formula is C20H17NO3S. The predicted octanol–water partition coefficient (Wildman–Crippen LogP) is 4.41. The van der Waals surface area contributed by atoms with Crippen LogP contribution in [0.2, 0.25) is 0 Å². The van der Waals surface area contributed by atoms with Gasteiger partial charge in [-0.05, 0) is 40.6 Å². The normalized spacial score (nSPS) is 10.6. The highest BCUT2D eigenvalue weighted by atomic mass is 32.2. The van der Waals surface area contributed by atoms with Gasteiger partial charge in [0.25, 0.3) is 0 Å². The second-order valence-corrected chi connectivity index (χ2v) is 6.59. The molecule has 0 aliphatic carbocycles. The largest absolute Gasteiger partial charge is 0.478 e. The maximum absolute atomic E-state index is 12.1. The van der Waals surface area contributed by atoms with Gasteiger partial charge in [-0.3, -0.25) is 4.79 Å². The van der Waals surface area contributed by atoms with Gasteiger partial charge in [0.2, 0.25) is 5.91 Å². The van der Waals surface area contributed by atoms with Crippen molar-refractivity contribution >= 4 is 40.1 Å². The quantitative estimate of drug-likeness (QED) is 0.690. The van der Waals surface area contributed by atoms with Crippen LogP contribution in [0.25, 0.3) is 10.8 Å². The van der Waals surface area contributed by atoms with Crippen LogP contribution in [0, 0.1) is 0 Å². The number of carbonyl (C=O) groups excluding carboxylic acids is 1. The van der Waals surface area contributed by atoms with E-state index >= 15 is 0 Å². The van der Waals surface area contributed by atoms with Crippen LogP contribution in [0.3, 0.4) is 0 Å². The molecule has 0 fully saturated rings. The highest BCUT2D eigenvalue weighted by molar-refractivity contribution is 7.99. The molecule has 1 amide bonds. The van der Waals surface area contributed by atoms with Crippen molar-refractivity contribution in [3.05, 3.63) is 77.9 Å². The number of fused-ring (bicyclic) bond motifs is 1. The van der Waals surface area contributed by atoms with Gasteiger partial charge in [0.1, 0.15) is 0 Å². The number of benzene rings is 3. The summed E-state index contributed by atoms with van der Waals surface area (Å²) < 4.78 is 0. The lowest BCUT2D eigenvalue weighted by molar-refractivity contribution is -0.113. The fourth-order valence-electron chi connectivity index (χ4n) is 2.52. The summed E-state index contributed by atoms with van der Waals surface area (Å²) in [4.78, 5) is 23.0. The third-order valence-electron chi connectivity index (χ3n) is 3.71. The number of carbonyl (C=O) groups is 2. The van der Waals surface area contributed by atoms with E-state index in [0.717, 1.165) is 22.0 Å². The molecule has 0 spiro atoms. The number of hydrogen-bond donors (Lipinski definition) is 2. The van der Waals surface area contributed by atoms with Gasteiger partial charge in [0.05, 0.1) is 11.3 Å². The van der Waals surface area contributed by atoms with Gasteiger partial charge in [-0.2, -0.15) is 0 Å². The Kier molecular flexibility index (Phi) is 5.36. The summed E-state index contributed by atoms with van der Waals surface area (Å²) >= 11 is 1.45. The molecule has 126 valence electrons. The van der Waals surface area contributed by atoms with E-state index in [9.17, 15) is 9.59 Å². The third kappa shape index (κ3) is 4.61. The maximum Gasteiger partial charge on any atom is 0.335 e. The second-order valence-electron chi connectivity index (χ2n) is 5.61. The lowest BCUT2D eigenvalue weighted by atomic mass is 10.1. The van der Waals surface area contributed by atoms with Crippen molar-refractivity contribution < 1.29 is 14.7 Å². The van der Waals surface area contributed by atoms with Gasteiger partial charge in [-0.15, -0.1) is 11.8 Å². The molecule has 0 atom stereocenters. The molecule has 0 aliphatic rings. The Balaban J connectivity index is 1.54. The number of carboxylic acid groups (broad SMARTS) is 1. The first-order chi connectivity index (χ1) is 12.1. The number of amides is 1. The summed E-state index contributed by atoms with van der Waals surface area (Å²) in [6.07, 6.45) is 0. The van der Waals surface area contributed by atoms with Crippen LogP contribution in [0.15, 0.2) is 66.7 Å². The molecule has 0 saturated heterocycles. The molecule has 5 heteroatoms. The van der Waals surface area contributed by atoms with Crippen LogP contribution in [0.5, 0.6) is 0 Å². The Hall–Kier alpha value is -2.79. The van der Waals surface area contributed by atoms with Crippen LogP contribution < -0.4 is 5.32 Å². The first-order valence-electron chi connectivity index (χ1n) is 7.80. The van der Waals surface area contributed by atoms with E-state index in [2.05, 4.69) is 5.32 Å². The summed E-state index contributed by atoms with van der Waals surface area (Å²) in [5.41, 5.74) is 1.93. The average molecular weight is 351 g/mol. The number of aromatic carboxylic acids is 1. The molecule has 0 aliphatic heterocycles. The zero-order chi connectivity index (χ0) is 17.6. The number of anilines is 1. The van der Waals surface area contributed by atoms with E-state index < -0.39 is 5.97 Å². The van der Waals surface area contributed by atoms with Gasteiger partial charge in [-0.1, -0.05) is 42.5 Å². The van der Waals surface area contributed by atoms with Gasteiger partial charge in [0, 0.05) is 11.4 Å². The SMILES string of the molecule is O=C(CSCc1cccc(C(=O)O)c1)Nc1ccc2ccccc2c1. The van der Waals surface area contributed by atoms with E-state index in [1.807, 2.05) is 48.5 Å². The number of carboxylic acids is 1. The predicted molar refractivity (Wildman–Crippen MR) is 102 cm³/mol. The number of rotatable bonds is 6. The van der Waals surface area contributed by atoms with Crippen molar-refractivity contribution in [3.8, 4) is 0 Å². The van der Waals surface area contributed by atoms with Gasteiger partial charge >= 0.3 is 5.97 Å². The highest BCUT2D eigenvalue weighted by Crippen LogP contribution is 2.19. The lowest BCUT2D eigenvalue weighted by Gasteiger charge is -2.07. The molecule has 4 nitrogen and oxygen atoms in total.